The fourth-order valence-electron chi connectivity index (χ4n) is 2.42. The molecule has 2 rings (SSSR count). The van der Waals surface area contributed by atoms with Crippen molar-refractivity contribution in [3.05, 3.63) is 30.1 Å². The summed E-state index contributed by atoms with van der Waals surface area (Å²) in [5.41, 5.74) is 1.18. The van der Waals surface area contributed by atoms with Crippen LogP contribution < -0.4 is 0 Å². The van der Waals surface area contributed by atoms with E-state index in [0.717, 1.165) is 31.7 Å². The zero-order chi connectivity index (χ0) is 13.9. The minimum absolute atomic E-state index is 0.193. The minimum Gasteiger partial charge on any atom is -0.340 e. The van der Waals surface area contributed by atoms with E-state index < -0.39 is 0 Å². The van der Waals surface area contributed by atoms with Crippen LogP contribution in [-0.4, -0.2) is 52.4 Å². The maximum absolute atomic E-state index is 12.2. The zero-order valence-corrected chi connectivity index (χ0v) is 12.1. The molecular weight excluding hydrogens is 238 g/mol. The van der Waals surface area contributed by atoms with Gasteiger partial charge in [-0.1, -0.05) is 6.07 Å². The average Bonchev–Trinajstić information content (AvgIpc) is 2.39. The Balaban J connectivity index is 1.86. The summed E-state index contributed by atoms with van der Waals surface area (Å²) in [6.07, 6.45) is 3.96. The number of rotatable bonds is 2. The summed E-state index contributed by atoms with van der Waals surface area (Å²) in [6, 6.07) is 3.83. The third kappa shape index (κ3) is 3.77. The Morgan fingerprint density at radius 1 is 1.26 bits per heavy atom. The van der Waals surface area contributed by atoms with E-state index in [4.69, 9.17) is 0 Å². The number of carbonyl (C=O) groups is 1. The molecule has 104 valence electrons. The number of piperazine rings is 1. The van der Waals surface area contributed by atoms with E-state index in [-0.39, 0.29) is 11.4 Å². The third-order valence-electron chi connectivity index (χ3n) is 3.66. The number of pyridine rings is 1. The summed E-state index contributed by atoms with van der Waals surface area (Å²) >= 11 is 0. The predicted octanol–water partition coefficient (Wildman–Crippen LogP) is 1.57. The molecule has 4 nitrogen and oxygen atoms in total. The molecule has 1 aliphatic heterocycles. The minimum atomic E-state index is 0.193. The molecule has 4 heteroatoms. The van der Waals surface area contributed by atoms with Crippen LogP contribution in [-0.2, 0) is 11.2 Å². The Bertz CT molecular complexity index is 417. The topological polar surface area (TPSA) is 36.4 Å². The lowest BCUT2D eigenvalue weighted by molar-refractivity contribution is -0.133. The van der Waals surface area contributed by atoms with Crippen molar-refractivity contribution < 1.29 is 4.79 Å². The third-order valence-corrected chi connectivity index (χ3v) is 3.66. The number of hydrogen-bond donors (Lipinski definition) is 0. The molecule has 0 radical (unpaired) electrons. The lowest BCUT2D eigenvalue weighted by atomic mass is 10.0. The van der Waals surface area contributed by atoms with Crippen LogP contribution in [0.25, 0.3) is 0 Å². The van der Waals surface area contributed by atoms with Crippen molar-refractivity contribution in [2.75, 3.05) is 26.2 Å². The fourth-order valence-corrected chi connectivity index (χ4v) is 2.42. The number of carbonyl (C=O) groups excluding carboxylic acids is 1. The summed E-state index contributed by atoms with van der Waals surface area (Å²) in [7, 11) is 0. The molecule has 1 amide bonds. The van der Waals surface area contributed by atoms with E-state index in [1.165, 1.54) is 0 Å². The summed E-state index contributed by atoms with van der Waals surface area (Å²) in [6.45, 7) is 10.2. The van der Waals surface area contributed by atoms with Gasteiger partial charge in [0.2, 0.25) is 5.91 Å². The van der Waals surface area contributed by atoms with Gasteiger partial charge in [0.05, 0.1) is 6.42 Å². The molecule has 1 saturated heterocycles. The Labute approximate surface area is 115 Å². The highest BCUT2D eigenvalue weighted by atomic mass is 16.2. The lowest BCUT2D eigenvalue weighted by Gasteiger charge is -2.42. The molecule has 0 spiro atoms. The molecule has 0 aliphatic carbocycles. The Hall–Kier alpha value is -1.42. The van der Waals surface area contributed by atoms with Crippen molar-refractivity contribution in [3.8, 4) is 0 Å². The fraction of sp³-hybridized carbons (Fsp3) is 0.600. The van der Waals surface area contributed by atoms with Gasteiger partial charge in [0.1, 0.15) is 0 Å². The zero-order valence-electron chi connectivity index (χ0n) is 12.1. The summed E-state index contributed by atoms with van der Waals surface area (Å²) in [5, 5.41) is 0. The second-order valence-corrected chi connectivity index (χ2v) is 6.08. The van der Waals surface area contributed by atoms with Crippen molar-refractivity contribution in [2.24, 2.45) is 0 Å². The van der Waals surface area contributed by atoms with Gasteiger partial charge in [-0.15, -0.1) is 0 Å². The summed E-state index contributed by atoms with van der Waals surface area (Å²) in [5.74, 6) is 0.210. The van der Waals surface area contributed by atoms with Gasteiger partial charge in [-0.05, 0) is 32.4 Å². The molecular formula is C15H23N3O. The average molecular weight is 261 g/mol. The number of hydrogen-bond acceptors (Lipinski definition) is 3. The van der Waals surface area contributed by atoms with Crippen LogP contribution >= 0.6 is 0 Å². The van der Waals surface area contributed by atoms with E-state index in [1.807, 2.05) is 17.0 Å². The van der Waals surface area contributed by atoms with Crippen LogP contribution in [0.3, 0.4) is 0 Å². The molecule has 19 heavy (non-hydrogen) atoms. The first-order valence-electron chi connectivity index (χ1n) is 6.88. The number of amides is 1. The molecule has 1 aromatic rings. The highest BCUT2D eigenvalue weighted by Crippen LogP contribution is 2.16. The van der Waals surface area contributed by atoms with Crippen LogP contribution in [0.2, 0.25) is 0 Å². The van der Waals surface area contributed by atoms with Crippen LogP contribution in [0.4, 0.5) is 0 Å². The largest absolute Gasteiger partial charge is 0.340 e. The highest BCUT2D eigenvalue weighted by molar-refractivity contribution is 5.78. The van der Waals surface area contributed by atoms with Gasteiger partial charge in [-0.3, -0.25) is 14.7 Å². The molecule has 1 aromatic heterocycles. The molecule has 0 bridgehead atoms. The number of aromatic nitrogens is 1. The van der Waals surface area contributed by atoms with Gasteiger partial charge in [-0.2, -0.15) is 0 Å². The molecule has 1 aliphatic rings. The maximum atomic E-state index is 12.2. The van der Waals surface area contributed by atoms with E-state index in [2.05, 4.69) is 30.7 Å². The van der Waals surface area contributed by atoms with Crippen LogP contribution in [0.1, 0.15) is 26.3 Å². The predicted molar refractivity (Wildman–Crippen MR) is 75.8 cm³/mol. The van der Waals surface area contributed by atoms with Crippen molar-refractivity contribution in [2.45, 2.75) is 32.7 Å². The van der Waals surface area contributed by atoms with Gasteiger partial charge in [0, 0.05) is 44.1 Å². The SMILES string of the molecule is CC(C)(C)N1CCN(C(=O)Cc2cccnc2)CC1. The van der Waals surface area contributed by atoms with E-state index in [0.29, 0.717) is 6.42 Å². The summed E-state index contributed by atoms with van der Waals surface area (Å²) in [4.78, 5) is 20.7. The van der Waals surface area contributed by atoms with Crippen LogP contribution in [0.15, 0.2) is 24.5 Å². The van der Waals surface area contributed by atoms with Crippen LogP contribution in [0, 0.1) is 0 Å². The first kappa shape index (κ1) is 14.0. The van der Waals surface area contributed by atoms with Crippen molar-refractivity contribution in [1.29, 1.82) is 0 Å². The maximum Gasteiger partial charge on any atom is 0.227 e. The van der Waals surface area contributed by atoms with E-state index in [1.54, 1.807) is 12.4 Å². The van der Waals surface area contributed by atoms with Gasteiger partial charge >= 0.3 is 0 Å². The molecule has 0 aromatic carbocycles. The monoisotopic (exact) mass is 261 g/mol. The van der Waals surface area contributed by atoms with Crippen molar-refractivity contribution in [1.82, 2.24) is 14.8 Å². The number of nitrogens with zero attached hydrogens (tertiary/aromatic N) is 3. The highest BCUT2D eigenvalue weighted by Gasteiger charge is 2.27. The molecule has 0 atom stereocenters. The Morgan fingerprint density at radius 2 is 1.95 bits per heavy atom. The Kier molecular flexibility index (Phi) is 4.20. The first-order chi connectivity index (χ1) is 8.97. The lowest BCUT2D eigenvalue weighted by Crippen LogP contribution is -2.54. The molecule has 0 N–H and O–H groups in total. The quantitative estimate of drug-likeness (QED) is 0.811. The van der Waals surface area contributed by atoms with Gasteiger partial charge < -0.3 is 4.90 Å². The van der Waals surface area contributed by atoms with Gasteiger partial charge in [-0.25, -0.2) is 0 Å². The normalized spacial score (nSPS) is 17.5. The van der Waals surface area contributed by atoms with Crippen LogP contribution in [0.5, 0.6) is 0 Å². The standard InChI is InChI=1S/C15H23N3O/c1-15(2,3)18-9-7-17(8-10-18)14(19)11-13-5-4-6-16-12-13/h4-6,12H,7-11H2,1-3H3. The van der Waals surface area contributed by atoms with Gasteiger partial charge in [0.25, 0.3) is 0 Å². The smallest absolute Gasteiger partial charge is 0.227 e. The van der Waals surface area contributed by atoms with Crippen molar-refractivity contribution in [3.63, 3.8) is 0 Å². The van der Waals surface area contributed by atoms with Gasteiger partial charge in [0.15, 0.2) is 0 Å². The van der Waals surface area contributed by atoms with E-state index >= 15 is 0 Å². The van der Waals surface area contributed by atoms with E-state index in [9.17, 15) is 4.79 Å². The molecule has 2 heterocycles. The molecule has 0 unspecified atom stereocenters. The second kappa shape index (κ2) is 5.70. The van der Waals surface area contributed by atoms with Crippen molar-refractivity contribution >= 4 is 5.91 Å². The first-order valence-corrected chi connectivity index (χ1v) is 6.88. The second-order valence-electron chi connectivity index (χ2n) is 6.08. The molecule has 1 fully saturated rings. The molecule has 0 saturated carbocycles. The Morgan fingerprint density at radius 3 is 2.47 bits per heavy atom. The summed E-state index contributed by atoms with van der Waals surface area (Å²) < 4.78 is 0.